The second kappa shape index (κ2) is 6.01. The van der Waals surface area contributed by atoms with Crippen molar-refractivity contribution in [2.75, 3.05) is 5.32 Å². The molecule has 0 aromatic heterocycles. The monoisotopic (exact) mass is 399 g/mol. The van der Waals surface area contributed by atoms with Crippen LogP contribution in [0.4, 0.5) is 10.1 Å². The van der Waals surface area contributed by atoms with Gasteiger partial charge in [0.1, 0.15) is 5.82 Å². The summed E-state index contributed by atoms with van der Waals surface area (Å²) in [7, 11) is 0. The van der Waals surface area contributed by atoms with Gasteiger partial charge in [-0.3, -0.25) is 0 Å². The van der Waals surface area contributed by atoms with Crippen LogP contribution in [0, 0.1) is 16.3 Å². The van der Waals surface area contributed by atoms with Crippen LogP contribution in [0.5, 0.6) is 0 Å². The van der Waals surface area contributed by atoms with Gasteiger partial charge in [-0.2, -0.15) is 0 Å². The highest BCUT2D eigenvalue weighted by molar-refractivity contribution is 14.1. The molecule has 0 aliphatic carbocycles. The molecule has 2 aromatic carbocycles. The summed E-state index contributed by atoms with van der Waals surface area (Å²) in [6, 6.07) is 11.6. The summed E-state index contributed by atoms with van der Waals surface area (Å²) in [4.78, 5) is 11.7. The molecule has 2 aromatic rings. The number of aryl methyl sites for hydroxylation is 1. The van der Waals surface area contributed by atoms with Gasteiger partial charge in [-0.1, -0.05) is 12.1 Å². The Kier molecular flexibility index (Phi) is 4.51. The van der Waals surface area contributed by atoms with Gasteiger partial charge in [0.25, 0.3) is 0 Å². The van der Waals surface area contributed by atoms with Gasteiger partial charge >= 0.3 is 5.97 Å². The Bertz CT molecular complexity index is 652. The summed E-state index contributed by atoms with van der Waals surface area (Å²) in [5.41, 5.74) is 0.450. The van der Waals surface area contributed by atoms with E-state index in [2.05, 4.69) is 27.9 Å². The maximum Gasteiger partial charge on any atom is 0.333 e. The number of carboxylic acid groups (broad SMARTS) is 1. The number of anilines is 1. The predicted octanol–water partition coefficient (Wildman–Crippen LogP) is 4.15. The zero-order chi connectivity index (χ0) is 15.6. The van der Waals surface area contributed by atoms with E-state index in [1.54, 1.807) is 32.0 Å². The van der Waals surface area contributed by atoms with Crippen molar-refractivity contribution in [2.45, 2.75) is 19.4 Å². The van der Waals surface area contributed by atoms with Crippen molar-refractivity contribution in [3.05, 3.63) is 63.0 Å². The molecular weight excluding hydrogens is 384 g/mol. The summed E-state index contributed by atoms with van der Waals surface area (Å²) < 4.78 is 14.5. The molecule has 0 amide bonds. The SMILES string of the molecule is Cc1cc(F)cc(NC(C)(C(=O)O)c2ccc(I)cc2)c1. The number of aliphatic carboxylic acids is 1. The highest BCUT2D eigenvalue weighted by Gasteiger charge is 2.35. The third kappa shape index (κ3) is 3.53. The Morgan fingerprint density at radius 1 is 1.24 bits per heavy atom. The van der Waals surface area contributed by atoms with Crippen molar-refractivity contribution in [1.29, 1.82) is 0 Å². The molecule has 5 heteroatoms. The van der Waals surface area contributed by atoms with Gasteiger partial charge in [-0.05, 0) is 77.9 Å². The highest BCUT2D eigenvalue weighted by Crippen LogP contribution is 2.28. The fourth-order valence-electron chi connectivity index (χ4n) is 2.13. The third-order valence-corrected chi connectivity index (χ3v) is 4.00. The van der Waals surface area contributed by atoms with Crippen LogP contribution in [-0.4, -0.2) is 11.1 Å². The average molecular weight is 399 g/mol. The average Bonchev–Trinajstić information content (AvgIpc) is 2.37. The molecule has 1 atom stereocenters. The normalized spacial score (nSPS) is 13.5. The van der Waals surface area contributed by atoms with E-state index in [1.165, 1.54) is 12.1 Å². The molecule has 2 N–H and O–H groups in total. The molecule has 0 saturated carbocycles. The lowest BCUT2D eigenvalue weighted by atomic mass is 9.91. The molecule has 0 fully saturated rings. The van der Waals surface area contributed by atoms with E-state index in [0.29, 0.717) is 11.3 Å². The fourth-order valence-corrected chi connectivity index (χ4v) is 2.49. The van der Waals surface area contributed by atoms with E-state index in [0.717, 1.165) is 9.13 Å². The van der Waals surface area contributed by atoms with Crippen molar-refractivity contribution in [2.24, 2.45) is 0 Å². The van der Waals surface area contributed by atoms with Crippen LogP contribution in [-0.2, 0) is 10.3 Å². The lowest BCUT2D eigenvalue weighted by molar-refractivity contribution is -0.142. The van der Waals surface area contributed by atoms with Crippen LogP contribution in [0.1, 0.15) is 18.1 Å². The summed E-state index contributed by atoms with van der Waals surface area (Å²) in [5, 5.41) is 12.5. The number of rotatable bonds is 4. The van der Waals surface area contributed by atoms with Gasteiger partial charge in [0.15, 0.2) is 5.54 Å². The molecule has 0 spiro atoms. The second-order valence-corrected chi connectivity index (χ2v) is 6.32. The van der Waals surface area contributed by atoms with E-state index >= 15 is 0 Å². The van der Waals surface area contributed by atoms with E-state index in [-0.39, 0.29) is 0 Å². The number of carbonyl (C=O) groups is 1. The zero-order valence-electron chi connectivity index (χ0n) is 11.7. The van der Waals surface area contributed by atoms with E-state index < -0.39 is 17.3 Å². The largest absolute Gasteiger partial charge is 0.479 e. The van der Waals surface area contributed by atoms with E-state index in [4.69, 9.17) is 0 Å². The Morgan fingerprint density at radius 3 is 2.38 bits per heavy atom. The van der Waals surface area contributed by atoms with Crippen LogP contribution in [0.2, 0.25) is 0 Å². The van der Waals surface area contributed by atoms with Crippen LogP contribution in [0.15, 0.2) is 42.5 Å². The molecule has 0 heterocycles. The summed E-state index contributed by atoms with van der Waals surface area (Å²) in [6.07, 6.45) is 0. The Morgan fingerprint density at radius 2 is 1.86 bits per heavy atom. The first-order valence-electron chi connectivity index (χ1n) is 6.36. The van der Waals surface area contributed by atoms with Gasteiger partial charge < -0.3 is 10.4 Å². The minimum absolute atomic E-state index is 0.396. The first-order chi connectivity index (χ1) is 9.81. The molecule has 0 bridgehead atoms. The molecular formula is C16H15FINO2. The summed E-state index contributed by atoms with van der Waals surface area (Å²) >= 11 is 2.16. The van der Waals surface area contributed by atoms with Crippen molar-refractivity contribution in [3.8, 4) is 0 Å². The number of benzene rings is 2. The lowest BCUT2D eigenvalue weighted by Crippen LogP contribution is -2.40. The Balaban J connectivity index is 2.43. The lowest BCUT2D eigenvalue weighted by Gasteiger charge is -2.28. The number of nitrogens with one attached hydrogen (secondary N) is 1. The van der Waals surface area contributed by atoms with Crippen LogP contribution in [0.3, 0.4) is 0 Å². The molecule has 1 unspecified atom stereocenters. The van der Waals surface area contributed by atoms with Crippen molar-refractivity contribution in [3.63, 3.8) is 0 Å². The zero-order valence-corrected chi connectivity index (χ0v) is 13.8. The van der Waals surface area contributed by atoms with Gasteiger partial charge in [0.05, 0.1) is 0 Å². The molecule has 0 aliphatic heterocycles. The first kappa shape index (κ1) is 15.8. The number of halogens is 2. The smallest absolute Gasteiger partial charge is 0.333 e. The van der Waals surface area contributed by atoms with Crippen molar-refractivity contribution >= 4 is 34.2 Å². The van der Waals surface area contributed by atoms with Gasteiger partial charge in [-0.15, -0.1) is 0 Å². The van der Waals surface area contributed by atoms with Gasteiger partial charge in [0, 0.05) is 9.26 Å². The van der Waals surface area contributed by atoms with Gasteiger partial charge in [0.2, 0.25) is 0 Å². The van der Waals surface area contributed by atoms with Crippen molar-refractivity contribution in [1.82, 2.24) is 0 Å². The van der Waals surface area contributed by atoms with Crippen LogP contribution >= 0.6 is 22.6 Å². The highest BCUT2D eigenvalue weighted by atomic mass is 127. The Hall–Kier alpha value is -1.63. The first-order valence-corrected chi connectivity index (χ1v) is 7.44. The van der Waals surface area contributed by atoms with E-state index in [1.807, 2.05) is 12.1 Å². The molecule has 2 rings (SSSR count). The fraction of sp³-hybridized carbons (Fsp3) is 0.188. The van der Waals surface area contributed by atoms with E-state index in [9.17, 15) is 14.3 Å². The minimum Gasteiger partial charge on any atom is -0.479 e. The van der Waals surface area contributed by atoms with Crippen LogP contribution < -0.4 is 5.32 Å². The van der Waals surface area contributed by atoms with Gasteiger partial charge in [-0.25, -0.2) is 9.18 Å². The quantitative estimate of drug-likeness (QED) is 0.760. The number of hydrogen-bond donors (Lipinski definition) is 2. The molecule has 0 saturated heterocycles. The number of carboxylic acids is 1. The standard InChI is InChI=1S/C16H15FINO2/c1-10-7-12(17)9-14(8-10)19-16(2,15(20)21)11-3-5-13(18)6-4-11/h3-9,19H,1-2H3,(H,20,21). The van der Waals surface area contributed by atoms with Crippen LogP contribution in [0.25, 0.3) is 0 Å². The predicted molar refractivity (Wildman–Crippen MR) is 88.9 cm³/mol. The third-order valence-electron chi connectivity index (χ3n) is 3.29. The number of hydrogen-bond acceptors (Lipinski definition) is 2. The summed E-state index contributed by atoms with van der Waals surface area (Å²) in [6.45, 7) is 3.33. The molecule has 0 aliphatic rings. The maximum atomic E-state index is 13.5. The Labute approximate surface area is 136 Å². The molecule has 0 radical (unpaired) electrons. The minimum atomic E-state index is -1.33. The molecule has 3 nitrogen and oxygen atoms in total. The topological polar surface area (TPSA) is 49.3 Å². The second-order valence-electron chi connectivity index (χ2n) is 5.08. The maximum absolute atomic E-state index is 13.5. The molecule has 21 heavy (non-hydrogen) atoms. The van der Waals surface area contributed by atoms with Crippen molar-refractivity contribution < 1.29 is 14.3 Å². The summed E-state index contributed by atoms with van der Waals surface area (Å²) in [5.74, 6) is -1.42. The molecule has 110 valence electrons.